The minimum atomic E-state index is -1.73. The second-order valence-corrected chi connectivity index (χ2v) is 13.3. The van der Waals surface area contributed by atoms with Crippen LogP contribution in [-0.2, 0) is 0 Å². The minimum Gasteiger partial charge on any atom is -0.357 e. The van der Waals surface area contributed by atoms with Crippen LogP contribution in [0.1, 0.15) is 6.92 Å². The fourth-order valence-corrected chi connectivity index (χ4v) is 10.1. The average molecular weight is 548 g/mol. The van der Waals surface area contributed by atoms with Crippen molar-refractivity contribution in [3.05, 3.63) is 128 Å². The Labute approximate surface area is 218 Å². The summed E-state index contributed by atoms with van der Waals surface area (Å²) in [4.78, 5) is 12.9. The van der Waals surface area contributed by atoms with Crippen LogP contribution in [0, 0.1) is 0 Å². The molecule has 0 aliphatic heterocycles. The minimum absolute atomic E-state index is 0.632. The van der Waals surface area contributed by atoms with Gasteiger partial charge in [0.25, 0.3) is 7.85 Å². The Bertz CT molecular complexity index is 1490. The predicted molar refractivity (Wildman–Crippen MR) is 151 cm³/mol. The van der Waals surface area contributed by atoms with Crippen LogP contribution >= 0.6 is 24.0 Å². The maximum Gasteiger partial charge on any atom is 0.439 e. The first-order valence-corrected chi connectivity index (χ1v) is 15.0. The van der Waals surface area contributed by atoms with E-state index < -0.39 is 24.0 Å². The Balaban J connectivity index is 1.74. The van der Waals surface area contributed by atoms with Crippen molar-refractivity contribution in [3.8, 4) is 23.0 Å². The number of hydrogen-bond acceptors (Lipinski definition) is 5. The second kappa shape index (κ2) is 11.9. The lowest BCUT2D eigenvalue weighted by atomic mass is 10.3. The smallest absolute Gasteiger partial charge is 0.357 e. The van der Waals surface area contributed by atoms with Crippen molar-refractivity contribution in [2.75, 3.05) is 0 Å². The van der Waals surface area contributed by atoms with Gasteiger partial charge in [-0.05, 0) is 60.0 Å². The van der Waals surface area contributed by atoms with Gasteiger partial charge in [-0.25, -0.2) is 0 Å². The summed E-state index contributed by atoms with van der Waals surface area (Å²) in [5, 5.41) is 0.846. The highest BCUT2D eigenvalue weighted by Crippen LogP contribution is 2.49. The number of benzene rings is 4. The molecule has 0 saturated carbocycles. The topological polar surface area (TPSA) is 59.7 Å². The quantitative estimate of drug-likeness (QED) is 0.184. The van der Waals surface area contributed by atoms with Gasteiger partial charge in [0.15, 0.2) is 23.0 Å². The summed E-state index contributed by atoms with van der Waals surface area (Å²) in [5.41, 5.74) is 0. The third-order valence-electron chi connectivity index (χ3n) is 4.82. The van der Waals surface area contributed by atoms with Crippen molar-refractivity contribution in [2.24, 2.45) is 0 Å². The number of para-hydroxylation sites is 4. The Morgan fingerprint density at radius 2 is 1.08 bits per heavy atom. The van der Waals surface area contributed by atoms with Crippen molar-refractivity contribution in [2.45, 2.75) is 6.92 Å². The van der Waals surface area contributed by atoms with Crippen LogP contribution in [0.3, 0.4) is 0 Å². The third kappa shape index (κ3) is 6.28. The molecule has 10 heteroatoms. The molecule has 5 rings (SSSR count). The van der Waals surface area contributed by atoms with E-state index in [4.69, 9.17) is 23.2 Å². The predicted octanol–water partition coefficient (Wildman–Crippen LogP) is 8.91. The van der Waals surface area contributed by atoms with Crippen LogP contribution in [0.4, 0.5) is 0 Å². The van der Waals surface area contributed by atoms with Crippen LogP contribution in [-0.4, -0.2) is 13.0 Å². The van der Waals surface area contributed by atoms with Crippen LogP contribution in [0.2, 0.25) is 0 Å². The molecule has 1 heterocycles. The molecule has 0 N–H and O–H groups in total. The maximum absolute atomic E-state index is 6.59. The number of nitrogens with zero attached hydrogens (tertiary/aromatic N) is 3. The molecule has 0 aliphatic rings. The van der Waals surface area contributed by atoms with Crippen molar-refractivity contribution in [3.63, 3.8) is 0 Å². The molecular formula is C27H25N3O4P3+. The molecule has 3 unspecified atom stereocenters. The normalized spacial score (nSPS) is 11.9. The van der Waals surface area contributed by atoms with Crippen LogP contribution in [0.15, 0.2) is 128 Å². The number of allylic oxidation sites excluding steroid dienone is 1. The second-order valence-electron chi connectivity index (χ2n) is 7.74. The molecule has 186 valence electrons. The van der Waals surface area contributed by atoms with Gasteiger partial charge in [0.1, 0.15) is 0 Å². The van der Waals surface area contributed by atoms with E-state index in [9.17, 15) is 0 Å². The van der Waals surface area contributed by atoms with Crippen LogP contribution in [0.5, 0.6) is 23.0 Å². The molecule has 1 aromatic heterocycles. The van der Waals surface area contributed by atoms with E-state index >= 15 is 0 Å². The first-order valence-electron chi connectivity index (χ1n) is 11.5. The molecule has 0 bridgehead atoms. The van der Waals surface area contributed by atoms with E-state index in [1.54, 1.807) is 8.51 Å². The van der Waals surface area contributed by atoms with Gasteiger partial charge >= 0.3 is 16.2 Å². The first kappa shape index (κ1) is 24.8. The number of rotatable bonds is 9. The first-order chi connectivity index (χ1) is 18.2. The number of hydrogen-bond donors (Lipinski definition) is 0. The Morgan fingerprint density at radius 1 is 0.649 bits per heavy atom. The summed E-state index contributed by atoms with van der Waals surface area (Å²) in [6.07, 6.45) is 0. The van der Waals surface area contributed by atoms with Crippen LogP contribution in [0.25, 0.3) is 5.31 Å². The Morgan fingerprint density at radius 3 is 1.57 bits per heavy atom. The van der Waals surface area contributed by atoms with E-state index in [1.807, 2.05) is 128 Å². The van der Waals surface area contributed by atoms with Crippen molar-refractivity contribution in [1.29, 1.82) is 0 Å². The van der Waals surface area contributed by atoms with E-state index in [0.29, 0.717) is 23.0 Å². The molecule has 5 aromatic rings. The highest BCUT2D eigenvalue weighted by Gasteiger charge is 2.33. The van der Waals surface area contributed by atoms with Gasteiger partial charge in [-0.1, -0.05) is 79.4 Å². The number of aromatic nitrogens is 3. The lowest BCUT2D eigenvalue weighted by Gasteiger charge is -2.17. The molecule has 0 aliphatic carbocycles. The van der Waals surface area contributed by atoms with Gasteiger partial charge in [0.2, 0.25) is 0 Å². The zero-order valence-corrected chi connectivity index (χ0v) is 22.8. The molecule has 0 spiro atoms. The molecule has 0 amide bonds. The molecule has 0 radical (unpaired) electrons. The van der Waals surface area contributed by atoms with Gasteiger partial charge in [0, 0.05) is 4.26 Å². The Kier molecular flexibility index (Phi) is 7.98. The zero-order chi connectivity index (χ0) is 25.5. The standard InChI is InChI=1S/C27H25N3O4P3/c1-23(2)35-28-36(33-26-19-11-5-12-20-26)30(32-25-17-9-4-10-18-25)37(34-27-21-13-6-14-22-27)29(35)31-24-15-7-3-8-16-24/h3-22H,1H2,2H3/q+1. The molecule has 7 nitrogen and oxygen atoms in total. The van der Waals surface area contributed by atoms with E-state index in [1.165, 1.54) is 0 Å². The fraction of sp³-hybridized carbons (Fsp3) is 0.0370. The Hall–Kier alpha value is -3.88. The SMILES string of the molecule is C=C(C)[p+]1np(Oc2ccccc2)n(Oc2ccccc2)p(Oc2ccccc2)n1Oc1ccccc1. The van der Waals surface area contributed by atoms with Crippen molar-refractivity contribution < 1.29 is 18.7 Å². The lowest BCUT2D eigenvalue weighted by molar-refractivity contribution is 0.232. The van der Waals surface area contributed by atoms with E-state index in [2.05, 4.69) is 6.58 Å². The average Bonchev–Trinajstić information content (AvgIpc) is 2.94. The summed E-state index contributed by atoms with van der Waals surface area (Å²) < 4.78 is 21.5. The zero-order valence-electron chi connectivity index (χ0n) is 20.1. The lowest BCUT2D eigenvalue weighted by Crippen LogP contribution is -2.15. The van der Waals surface area contributed by atoms with Crippen molar-refractivity contribution in [1.82, 2.24) is 13.0 Å². The molecular weight excluding hydrogens is 523 g/mol. The molecule has 0 fully saturated rings. The monoisotopic (exact) mass is 548 g/mol. The van der Waals surface area contributed by atoms with Gasteiger partial charge in [0.05, 0.1) is 9.57 Å². The van der Waals surface area contributed by atoms with E-state index in [-0.39, 0.29) is 0 Å². The van der Waals surface area contributed by atoms with Gasteiger partial charge in [-0.15, -0.1) is 0 Å². The van der Waals surface area contributed by atoms with Gasteiger partial charge < -0.3 is 18.7 Å². The third-order valence-corrected chi connectivity index (χ3v) is 11.0. The summed E-state index contributed by atoms with van der Waals surface area (Å²) in [6.45, 7) is 6.17. The summed E-state index contributed by atoms with van der Waals surface area (Å²) in [5.74, 6) is 2.64. The van der Waals surface area contributed by atoms with Gasteiger partial charge in [-0.2, -0.15) is 0 Å². The molecule has 3 atom stereocenters. The van der Waals surface area contributed by atoms with Crippen LogP contribution < -0.4 is 18.7 Å². The summed E-state index contributed by atoms with van der Waals surface area (Å²) in [7, 11) is -4.75. The van der Waals surface area contributed by atoms with Crippen molar-refractivity contribution >= 4 is 29.3 Å². The highest BCUT2D eigenvalue weighted by atomic mass is 31.2. The van der Waals surface area contributed by atoms with Gasteiger partial charge in [-0.3, -0.25) is 0 Å². The fourth-order valence-electron chi connectivity index (χ4n) is 3.14. The molecule has 4 aromatic carbocycles. The molecule has 0 saturated heterocycles. The molecule has 37 heavy (non-hydrogen) atoms. The summed E-state index contributed by atoms with van der Waals surface area (Å²) in [6, 6.07) is 38.3. The van der Waals surface area contributed by atoms with E-state index in [0.717, 1.165) is 5.31 Å². The summed E-state index contributed by atoms with van der Waals surface area (Å²) >= 11 is 0. The maximum atomic E-state index is 6.59. The highest BCUT2D eigenvalue weighted by molar-refractivity contribution is 7.66. The largest absolute Gasteiger partial charge is 0.439 e.